The average Bonchev–Trinajstić information content (AvgIpc) is 2.41. The lowest BCUT2D eigenvalue weighted by molar-refractivity contribution is 0.417. The normalized spacial score (nSPS) is 11.1. The number of ether oxygens (including phenoxy) is 1. The first-order chi connectivity index (χ1) is 9.50. The van der Waals surface area contributed by atoms with E-state index in [2.05, 4.69) is 4.72 Å². The van der Waals surface area contributed by atoms with Crippen LogP contribution in [0.15, 0.2) is 48.5 Å². The van der Waals surface area contributed by atoms with Crippen LogP contribution in [0, 0.1) is 0 Å². The fourth-order valence-corrected chi connectivity index (χ4v) is 2.97. The summed E-state index contributed by atoms with van der Waals surface area (Å²) in [6.45, 7) is 0. The van der Waals surface area contributed by atoms with Crippen LogP contribution < -0.4 is 15.2 Å². The zero-order valence-electron chi connectivity index (χ0n) is 11.0. The van der Waals surface area contributed by atoms with Gasteiger partial charge in [-0.15, -0.1) is 0 Å². The Bertz CT molecular complexity index is 685. The van der Waals surface area contributed by atoms with E-state index in [-0.39, 0.29) is 5.75 Å². The van der Waals surface area contributed by atoms with Crippen molar-refractivity contribution in [1.82, 2.24) is 0 Å². The van der Waals surface area contributed by atoms with Gasteiger partial charge in [0.25, 0.3) is 0 Å². The van der Waals surface area contributed by atoms with Crippen molar-refractivity contribution in [2.45, 2.75) is 5.75 Å². The second-order valence-electron chi connectivity index (χ2n) is 4.30. The predicted molar refractivity (Wildman–Crippen MR) is 80.1 cm³/mol. The van der Waals surface area contributed by atoms with E-state index >= 15 is 0 Å². The maximum atomic E-state index is 12.1. The molecule has 6 heteroatoms. The molecule has 0 saturated carbocycles. The van der Waals surface area contributed by atoms with E-state index in [1.54, 1.807) is 42.5 Å². The van der Waals surface area contributed by atoms with Crippen molar-refractivity contribution < 1.29 is 13.2 Å². The van der Waals surface area contributed by atoms with Crippen LogP contribution in [0.2, 0.25) is 0 Å². The minimum absolute atomic E-state index is 0.0828. The third kappa shape index (κ3) is 3.64. The van der Waals surface area contributed by atoms with Gasteiger partial charge in [0.05, 0.1) is 24.2 Å². The molecule has 0 unspecified atom stereocenters. The Hall–Kier alpha value is -2.21. The summed E-state index contributed by atoms with van der Waals surface area (Å²) in [5, 5.41) is 0. The number of hydrogen-bond acceptors (Lipinski definition) is 4. The predicted octanol–water partition coefficient (Wildman–Crippen LogP) is 2.22. The fourth-order valence-electron chi connectivity index (χ4n) is 1.78. The summed E-state index contributed by atoms with van der Waals surface area (Å²) in [7, 11) is -1.99. The van der Waals surface area contributed by atoms with Crippen molar-refractivity contribution in [2.24, 2.45) is 0 Å². The molecular weight excluding hydrogens is 276 g/mol. The van der Waals surface area contributed by atoms with Crippen LogP contribution in [0.5, 0.6) is 5.75 Å². The lowest BCUT2D eigenvalue weighted by Crippen LogP contribution is -2.15. The van der Waals surface area contributed by atoms with Crippen LogP contribution in [0.1, 0.15) is 5.56 Å². The summed E-state index contributed by atoms with van der Waals surface area (Å²) in [5.41, 5.74) is 7.29. The van der Waals surface area contributed by atoms with Gasteiger partial charge in [-0.3, -0.25) is 4.72 Å². The SMILES string of the molecule is COc1cc(NS(=O)(=O)Cc2ccccc2)ccc1N. The second-order valence-corrected chi connectivity index (χ2v) is 6.03. The zero-order valence-corrected chi connectivity index (χ0v) is 11.9. The van der Waals surface area contributed by atoms with E-state index in [1.807, 2.05) is 6.07 Å². The van der Waals surface area contributed by atoms with Crippen molar-refractivity contribution in [3.05, 3.63) is 54.1 Å². The molecule has 0 aliphatic heterocycles. The zero-order chi connectivity index (χ0) is 14.6. The number of nitrogens with two attached hydrogens (primary N) is 1. The van der Waals surface area contributed by atoms with E-state index in [4.69, 9.17) is 10.5 Å². The number of sulfonamides is 1. The van der Waals surface area contributed by atoms with Crippen molar-refractivity contribution in [1.29, 1.82) is 0 Å². The molecule has 20 heavy (non-hydrogen) atoms. The van der Waals surface area contributed by atoms with Crippen molar-refractivity contribution >= 4 is 21.4 Å². The number of hydrogen-bond donors (Lipinski definition) is 2. The van der Waals surface area contributed by atoms with E-state index in [0.29, 0.717) is 17.1 Å². The van der Waals surface area contributed by atoms with Gasteiger partial charge in [-0.25, -0.2) is 8.42 Å². The molecule has 0 spiro atoms. The Kier molecular flexibility index (Phi) is 4.14. The molecule has 0 aliphatic rings. The molecule has 0 radical (unpaired) electrons. The Labute approximate surface area is 118 Å². The lowest BCUT2D eigenvalue weighted by atomic mass is 10.2. The van der Waals surface area contributed by atoms with Crippen LogP contribution in [-0.2, 0) is 15.8 Å². The maximum Gasteiger partial charge on any atom is 0.236 e. The number of nitrogens with one attached hydrogen (secondary N) is 1. The molecule has 0 fully saturated rings. The summed E-state index contributed by atoms with van der Waals surface area (Å²) in [6.07, 6.45) is 0. The lowest BCUT2D eigenvalue weighted by Gasteiger charge is -2.10. The third-order valence-electron chi connectivity index (χ3n) is 2.71. The van der Waals surface area contributed by atoms with E-state index < -0.39 is 10.0 Å². The highest BCUT2D eigenvalue weighted by molar-refractivity contribution is 7.91. The number of rotatable bonds is 5. The molecule has 0 bridgehead atoms. The quantitative estimate of drug-likeness (QED) is 0.828. The van der Waals surface area contributed by atoms with Gasteiger partial charge in [0.2, 0.25) is 10.0 Å². The van der Waals surface area contributed by atoms with Gasteiger partial charge in [-0.1, -0.05) is 30.3 Å². The molecule has 2 rings (SSSR count). The monoisotopic (exact) mass is 292 g/mol. The second kappa shape index (κ2) is 5.83. The van der Waals surface area contributed by atoms with Crippen LogP contribution >= 0.6 is 0 Å². The van der Waals surface area contributed by atoms with Gasteiger partial charge >= 0.3 is 0 Å². The molecule has 0 aliphatic carbocycles. The highest BCUT2D eigenvalue weighted by Crippen LogP contribution is 2.25. The molecule has 0 aromatic heterocycles. The Morgan fingerprint density at radius 3 is 2.50 bits per heavy atom. The third-order valence-corrected chi connectivity index (χ3v) is 3.97. The number of methoxy groups -OCH3 is 1. The van der Waals surface area contributed by atoms with Gasteiger partial charge in [0.1, 0.15) is 5.75 Å². The highest BCUT2D eigenvalue weighted by atomic mass is 32.2. The first kappa shape index (κ1) is 14.2. The van der Waals surface area contributed by atoms with Gasteiger partial charge in [-0.2, -0.15) is 0 Å². The van der Waals surface area contributed by atoms with Gasteiger partial charge < -0.3 is 10.5 Å². The van der Waals surface area contributed by atoms with Gasteiger partial charge in [0, 0.05) is 6.07 Å². The molecule has 3 N–H and O–H groups in total. The van der Waals surface area contributed by atoms with Crippen LogP contribution in [0.25, 0.3) is 0 Å². The maximum absolute atomic E-state index is 12.1. The summed E-state index contributed by atoms with van der Waals surface area (Å²) < 4.78 is 31.7. The van der Waals surface area contributed by atoms with E-state index in [0.717, 1.165) is 5.56 Å². The molecule has 2 aromatic rings. The Morgan fingerprint density at radius 2 is 1.85 bits per heavy atom. The molecule has 0 heterocycles. The first-order valence-corrected chi connectivity index (χ1v) is 7.63. The molecule has 0 saturated heterocycles. The number of nitrogen functional groups attached to an aromatic ring is 1. The molecule has 2 aromatic carbocycles. The Morgan fingerprint density at radius 1 is 1.15 bits per heavy atom. The summed E-state index contributed by atoms with van der Waals surface area (Å²) in [5.74, 6) is 0.352. The summed E-state index contributed by atoms with van der Waals surface area (Å²) >= 11 is 0. The minimum Gasteiger partial charge on any atom is -0.495 e. The van der Waals surface area contributed by atoms with Crippen LogP contribution in [0.3, 0.4) is 0 Å². The van der Waals surface area contributed by atoms with Crippen molar-refractivity contribution in [3.8, 4) is 5.75 Å². The van der Waals surface area contributed by atoms with Crippen molar-refractivity contribution in [3.63, 3.8) is 0 Å². The molecular formula is C14H16N2O3S. The molecule has 106 valence electrons. The van der Waals surface area contributed by atoms with E-state index in [9.17, 15) is 8.42 Å². The fraction of sp³-hybridized carbons (Fsp3) is 0.143. The first-order valence-electron chi connectivity index (χ1n) is 5.98. The van der Waals surface area contributed by atoms with E-state index in [1.165, 1.54) is 7.11 Å². The van der Waals surface area contributed by atoms with Crippen LogP contribution in [-0.4, -0.2) is 15.5 Å². The highest BCUT2D eigenvalue weighted by Gasteiger charge is 2.12. The number of benzene rings is 2. The summed E-state index contributed by atoms with van der Waals surface area (Å²) in [4.78, 5) is 0. The van der Waals surface area contributed by atoms with Gasteiger partial charge in [0.15, 0.2) is 0 Å². The topological polar surface area (TPSA) is 81.4 Å². The smallest absolute Gasteiger partial charge is 0.236 e. The molecule has 5 nitrogen and oxygen atoms in total. The average molecular weight is 292 g/mol. The van der Waals surface area contributed by atoms with Gasteiger partial charge in [-0.05, 0) is 17.7 Å². The number of anilines is 2. The van der Waals surface area contributed by atoms with Crippen molar-refractivity contribution in [2.75, 3.05) is 17.6 Å². The Balaban J connectivity index is 2.16. The summed E-state index contributed by atoms with van der Waals surface area (Å²) in [6, 6.07) is 13.7. The molecule has 0 atom stereocenters. The minimum atomic E-state index is -3.47. The molecule has 0 amide bonds. The largest absolute Gasteiger partial charge is 0.495 e. The standard InChI is InChI=1S/C14H16N2O3S/c1-19-14-9-12(7-8-13(14)15)16-20(17,18)10-11-5-3-2-4-6-11/h2-9,16H,10,15H2,1H3. The van der Waals surface area contributed by atoms with Crippen LogP contribution in [0.4, 0.5) is 11.4 Å².